The second-order valence-electron chi connectivity index (χ2n) is 5.27. The minimum absolute atomic E-state index is 0.111. The van der Waals surface area contributed by atoms with Crippen LogP contribution in [0.25, 0.3) is 0 Å². The van der Waals surface area contributed by atoms with Crippen molar-refractivity contribution < 1.29 is 9.59 Å². The smallest absolute Gasteiger partial charge is 0.145 e. The third-order valence-corrected chi connectivity index (χ3v) is 2.63. The number of Topliss-reactive ketones (excluding diaryl/α,β-unsaturated/α-hetero) is 2. The van der Waals surface area contributed by atoms with Crippen molar-refractivity contribution in [3.8, 4) is 0 Å². The summed E-state index contributed by atoms with van der Waals surface area (Å²) in [6.45, 7) is 4.52. The summed E-state index contributed by atoms with van der Waals surface area (Å²) in [5.41, 5.74) is -0.128. The fourth-order valence-corrected chi connectivity index (χ4v) is 2.00. The number of rotatable bonds is 2. The average molecular weight is 197 g/mol. The lowest BCUT2D eigenvalue weighted by molar-refractivity contribution is -0.140. The van der Waals surface area contributed by atoms with E-state index in [9.17, 15) is 9.59 Å². The predicted octanol–water partition coefficient (Wildman–Crippen LogP) is 1.12. The number of carbonyl (C=O) groups is 2. The lowest BCUT2D eigenvalue weighted by Crippen LogP contribution is -2.42. The summed E-state index contributed by atoms with van der Waals surface area (Å²) in [5.74, 6) is -0.155. The van der Waals surface area contributed by atoms with E-state index in [-0.39, 0.29) is 22.9 Å². The van der Waals surface area contributed by atoms with Gasteiger partial charge in [0.05, 0.1) is 5.92 Å². The first kappa shape index (κ1) is 11.4. The number of hydrogen-bond acceptors (Lipinski definition) is 3. The maximum atomic E-state index is 11.7. The number of hydrogen-bond donors (Lipinski definition) is 0. The van der Waals surface area contributed by atoms with Crippen molar-refractivity contribution in [2.45, 2.75) is 26.7 Å². The SMILES string of the molecule is CN(C)CC1C(=O)CC(C)(C)CC1=O. The van der Waals surface area contributed by atoms with E-state index in [0.29, 0.717) is 19.4 Å². The Morgan fingerprint density at radius 2 is 1.64 bits per heavy atom. The Morgan fingerprint density at radius 3 is 2.00 bits per heavy atom. The molecule has 0 aromatic rings. The van der Waals surface area contributed by atoms with Crippen LogP contribution in [0.5, 0.6) is 0 Å². The van der Waals surface area contributed by atoms with Crippen LogP contribution in [0.1, 0.15) is 26.7 Å². The highest BCUT2D eigenvalue weighted by atomic mass is 16.2. The van der Waals surface area contributed by atoms with Crippen molar-refractivity contribution in [1.29, 1.82) is 0 Å². The first-order valence-corrected chi connectivity index (χ1v) is 5.02. The molecular formula is C11H19NO2. The maximum absolute atomic E-state index is 11.7. The first-order valence-electron chi connectivity index (χ1n) is 5.02. The fraction of sp³-hybridized carbons (Fsp3) is 0.818. The van der Waals surface area contributed by atoms with Crippen LogP contribution in [0, 0.1) is 11.3 Å². The molecule has 0 aromatic heterocycles. The van der Waals surface area contributed by atoms with E-state index in [1.807, 2.05) is 32.8 Å². The van der Waals surface area contributed by atoms with Gasteiger partial charge in [0, 0.05) is 19.4 Å². The summed E-state index contributed by atoms with van der Waals surface area (Å²) in [7, 11) is 3.78. The van der Waals surface area contributed by atoms with Crippen molar-refractivity contribution in [2.75, 3.05) is 20.6 Å². The maximum Gasteiger partial charge on any atom is 0.145 e. The predicted molar refractivity (Wildman–Crippen MR) is 55.1 cm³/mol. The average Bonchev–Trinajstić information content (AvgIpc) is 1.94. The van der Waals surface area contributed by atoms with Gasteiger partial charge in [-0.2, -0.15) is 0 Å². The van der Waals surface area contributed by atoms with E-state index < -0.39 is 0 Å². The van der Waals surface area contributed by atoms with Gasteiger partial charge < -0.3 is 4.90 Å². The zero-order valence-corrected chi connectivity index (χ0v) is 9.46. The fourth-order valence-electron chi connectivity index (χ4n) is 2.00. The molecule has 0 bridgehead atoms. The van der Waals surface area contributed by atoms with Crippen LogP contribution >= 0.6 is 0 Å². The normalized spacial score (nSPS) is 23.2. The van der Waals surface area contributed by atoms with Crippen LogP contribution in [0.15, 0.2) is 0 Å². The zero-order valence-electron chi connectivity index (χ0n) is 9.46. The second kappa shape index (κ2) is 3.81. The molecule has 0 radical (unpaired) electrons. The van der Waals surface area contributed by atoms with E-state index >= 15 is 0 Å². The van der Waals surface area contributed by atoms with Crippen LogP contribution in [-0.4, -0.2) is 37.1 Å². The molecule has 1 fully saturated rings. The van der Waals surface area contributed by atoms with Crippen LogP contribution in [0.4, 0.5) is 0 Å². The molecule has 1 aliphatic carbocycles. The van der Waals surface area contributed by atoms with E-state index in [1.165, 1.54) is 0 Å². The van der Waals surface area contributed by atoms with E-state index in [2.05, 4.69) is 0 Å². The monoisotopic (exact) mass is 197 g/mol. The highest BCUT2D eigenvalue weighted by Crippen LogP contribution is 2.33. The third kappa shape index (κ3) is 2.64. The van der Waals surface area contributed by atoms with Gasteiger partial charge in [-0.15, -0.1) is 0 Å². The minimum atomic E-state index is -0.377. The third-order valence-electron chi connectivity index (χ3n) is 2.63. The van der Waals surface area contributed by atoms with Gasteiger partial charge in [0.15, 0.2) is 0 Å². The summed E-state index contributed by atoms with van der Waals surface area (Å²) in [4.78, 5) is 25.3. The molecule has 1 rings (SSSR count). The van der Waals surface area contributed by atoms with Gasteiger partial charge in [-0.3, -0.25) is 9.59 Å². The van der Waals surface area contributed by atoms with Gasteiger partial charge >= 0.3 is 0 Å². The Kier molecular flexibility index (Phi) is 3.10. The summed E-state index contributed by atoms with van der Waals surface area (Å²) >= 11 is 0. The molecule has 0 amide bonds. The van der Waals surface area contributed by atoms with Gasteiger partial charge in [0.2, 0.25) is 0 Å². The minimum Gasteiger partial charge on any atom is -0.308 e. The molecule has 0 saturated heterocycles. The molecule has 0 aliphatic heterocycles. The summed E-state index contributed by atoms with van der Waals surface area (Å²) in [5, 5.41) is 0. The molecule has 0 heterocycles. The molecule has 0 spiro atoms. The molecule has 0 atom stereocenters. The number of nitrogens with zero attached hydrogens (tertiary/aromatic N) is 1. The van der Waals surface area contributed by atoms with Crippen LogP contribution in [0.2, 0.25) is 0 Å². The Morgan fingerprint density at radius 1 is 1.21 bits per heavy atom. The molecule has 3 nitrogen and oxygen atoms in total. The van der Waals surface area contributed by atoms with E-state index in [0.717, 1.165) is 0 Å². The van der Waals surface area contributed by atoms with Crippen molar-refractivity contribution in [3.63, 3.8) is 0 Å². The second-order valence-corrected chi connectivity index (χ2v) is 5.27. The van der Waals surface area contributed by atoms with Crippen molar-refractivity contribution in [1.82, 2.24) is 4.90 Å². The number of carbonyl (C=O) groups excluding carboxylic acids is 2. The Labute approximate surface area is 85.5 Å². The van der Waals surface area contributed by atoms with Gasteiger partial charge in [-0.05, 0) is 19.5 Å². The van der Waals surface area contributed by atoms with Gasteiger partial charge in [-0.25, -0.2) is 0 Å². The molecular weight excluding hydrogens is 178 g/mol. The van der Waals surface area contributed by atoms with Crippen molar-refractivity contribution >= 4 is 11.6 Å². The quantitative estimate of drug-likeness (QED) is 0.623. The highest BCUT2D eigenvalue weighted by Gasteiger charge is 2.39. The molecule has 1 saturated carbocycles. The van der Waals surface area contributed by atoms with Gasteiger partial charge in [-0.1, -0.05) is 13.8 Å². The van der Waals surface area contributed by atoms with Gasteiger partial charge in [0.25, 0.3) is 0 Å². The van der Waals surface area contributed by atoms with Crippen LogP contribution < -0.4 is 0 Å². The molecule has 0 unspecified atom stereocenters. The lowest BCUT2D eigenvalue weighted by Gasteiger charge is -2.32. The summed E-state index contributed by atoms with van der Waals surface area (Å²) in [6, 6.07) is 0. The summed E-state index contributed by atoms with van der Waals surface area (Å²) < 4.78 is 0. The van der Waals surface area contributed by atoms with Crippen molar-refractivity contribution in [2.24, 2.45) is 11.3 Å². The lowest BCUT2D eigenvalue weighted by atomic mass is 9.71. The van der Waals surface area contributed by atoms with Crippen LogP contribution in [0.3, 0.4) is 0 Å². The highest BCUT2D eigenvalue weighted by molar-refractivity contribution is 6.05. The molecule has 0 N–H and O–H groups in total. The standard InChI is InChI=1S/C11H19NO2/c1-11(2)5-9(13)8(7-12(3)4)10(14)6-11/h8H,5-7H2,1-4H3. The molecule has 3 heteroatoms. The van der Waals surface area contributed by atoms with E-state index in [1.54, 1.807) is 0 Å². The topological polar surface area (TPSA) is 37.4 Å². The molecule has 80 valence electrons. The largest absolute Gasteiger partial charge is 0.308 e. The first-order chi connectivity index (χ1) is 6.32. The molecule has 0 aromatic carbocycles. The Balaban J connectivity index is 2.71. The summed E-state index contributed by atoms with van der Waals surface area (Å²) in [6.07, 6.45) is 1.08. The van der Waals surface area contributed by atoms with Gasteiger partial charge in [0.1, 0.15) is 11.6 Å². The Hall–Kier alpha value is -0.700. The Bertz CT molecular complexity index is 236. The molecule has 14 heavy (non-hydrogen) atoms. The van der Waals surface area contributed by atoms with Crippen LogP contribution in [-0.2, 0) is 9.59 Å². The molecule has 1 aliphatic rings. The number of ketones is 2. The van der Waals surface area contributed by atoms with E-state index in [4.69, 9.17) is 0 Å². The zero-order chi connectivity index (χ0) is 10.9. The van der Waals surface area contributed by atoms with Crippen molar-refractivity contribution in [3.05, 3.63) is 0 Å².